The molecule has 0 saturated carbocycles. The number of hydrogen-bond acceptors (Lipinski definition) is 2. The van der Waals surface area contributed by atoms with Gasteiger partial charge in [0.25, 0.3) is 0 Å². The number of nitrogens with one attached hydrogen (secondary N) is 2. The molecule has 0 aliphatic carbocycles. The van der Waals surface area contributed by atoms with E-state index in [0.717, 1.165) is 13.1 Å². The van der Waals surface area contributed by atoms with Gasteiger partial charge in [0.1, 0.15) is 0 Å². The molecular weight excluding hydrogens is 244 g/mol. The van der Waals surface area contributed by atoms with Crippen LogP contribution in [0.1, 0.15) is 38.8 Å². The van der Waals surface area contributed by atoms with Gasteiger partial charge in [0, 0.05) is 35.3 Å². The van der Waals surface area contributed by atoms with E-state index in [0.29, 0.717) is 0 Å². The van der Waals surface area contributed by atoms with Gasteiger partial charge in [-0.25, -0.2) is 0 Å². The van der Waals surface area contributed by atoms with Crippen LogP contribution in [0.2, 0.25) is 0 Å². The average molecular weight is 268 g/mol. The van der Waals surface area contributed by atoms with Crippen molar-refractivity contribution in [3.8, 4) is 0 Å². The van der Waals surface area contributed by atoms with E-state index in [1.54, 1.807) is 0 Å². The summed E-state index contributed by atoms with van der Waals surface area (Å²) in [6, 6.07) is 8.85. The van der Waals surface area contributed by atoms with E-state index in [9.17, 15) is 0 Å². The standard InChI is InChI=1S/C18H24N2/c1-17(2)9-15(19-11-17)13-5-7-14(8-6-13)16-10-18(3,4)12-20-16/h5-10,19-20H,11-12H2,1-4H3. The van der Waals surface area contributed by atoms with Crippen molar-refractivity contribution in [2.24, 2.45) is 10.8 Å². The summed E-state index contributed by atoms with van der Waals surface area (Å²) in [5.74, 6) is 0. The highest BCUT2D eigenvalue weighted by atomic mass is 14.9. The minimum Gasteiger partial charge on any atom is -0.384 e. The molecule has 106 valence electrons. The van der Waals surface area contributed by atoms with Gasteiger partial charge in [-0.15, -0.1) is 0 Å². The fourth-order valence-electron chi connectivity index (χ4n) is 2.83. The van der Waals surface area contributed by atoms with Crippen molar-refractivity contribution in [3.05, 3.63) is 47.5 Å². The minimum absolute atomic E-state index is 0.258. The van der Waals surface area contributed by atoms with Gasteiger partial charge in [0.15, 0.2) is 0 Å². The maximum atomic E-state index is 3.50. The Morgan fingerprint density at radius 1 is 0.700 bits per heavy atom. The molecule has 1 aromatic carbocycles. The Hall–Kier alpha value is -1.70. The van der Waals surface area contributed by atoms with Gasteiger partial charge in [-0.3, -0.25) is 0 Å². The molecule has 2 nitrogen and oxygen atoms in total. The predicted octanol–water partition coefficient (Wildman–Crippen LogP) is 3.63. The summed E-state index contributed by atoms with van der Waals surface area (Å²) in [5, 5.41) is 6.99. The van der Waals surface area contributed by atoms with E-state index in [1.807, 2.05) is 0 Å². The molecule has 0 bridgehead atoms. The summed E-state index contributed by atoms with van der Waals surface area (Å²) in [7, 11) is 0. The zero-order valence-corrected chi connectivity index (χ0v) is 12.9. The molecule has 0 spiro atoms. The SMILES string of the molecule is CC1(C)C=C(c2ccc(C3=CC(C)(C)CN3)cc2)NC1. The molecule has 0 amide bonds. The zero-order chi connectivity index (χ0) is 14.4. The van der Waals surface area contributed by atoms with Crippen LogP contribution in [-0.4, -0.2) is 13.1 Å². The number of benzene rings is 1. The minimum atomic E-state index is 0.258. The van der Waals surface area contributed by atoms with E-state index in [2.05, 4.69) is 74.7 Å². The third kappa shape index (κ3) is 2.60. The van der Waals surface area contributed by atoms with E-state index >= 15 is 0 Å². The van der Waals surface area contributed by atoms with Gasteiger partial charge in [-0.2, -0.15) is 0 Å². The Balaban J connectivity index is 1.83. The zero-order valence-electron chi connectivity index (χ0n) is 12.9. The number of hydrogen-bond donors (Lipinski definition) is 2. The molecular formula is C18H24N2. The van der Waals surface area contributed by atoms with E-state index in [1.165, 1.54) is 22.5 Å². The Morgan fingerprint density at radius 3 is 1.30 bits per heavy atom. The molecule has 3 rings (SSSR count). The molecule has 2 aliphatic heterocycles. The van der Waals surface area contributed by atoms with Crippen LogP contribution in [0.4, 0.5) is 0 Å². The van der Waals surface area contributed by atoms with E-state index < -0.39 is 0 Å². The fraction of sp³-hybridized carbons (Fsp3) is 0.444. The van der Waals surface area contributed by atoms with Crippen LogP contribution in [0.15, 0.2) is 36.4 Å². The quantitative estimate of drug-likeness (QED) is 0.856. The molecule has 2 heterocycles. The van der Waals surface area contributed by atoms with Gasteiger partial charge in [-0.05, 0) is 11.1 Å². The highest BCUT2D eigenvalue weighted by Gasteiger charge is 2.24. The molecule has 2 N–H and O–H groups in total. The van der Waals surface area contributed by atoms with Gasteiger partial charge >= 0.3 is 0 Å². The van der Waals surface area contributed by atoms with E-state index in [-0.39, 0.29) is 10.8 Å². The molecule has 20 heavy (non-hydrogen) atoms. The highest BCUT2D eigenvalue weighted by molar-refractivity contribution is 5.71. The summed E-state index contributed by atoms with van der Waals surface area (Å²) >= 11 is 0. The topological polar surface area (TPSA) is 24.1 Å². The Kier molecular flexibility index (Phi) is 2.93. The summed E-state index contributed by atoms with van der Waals surface area (Å²) in [5.41, 5.74) is 5.58. The maximum absolute atomic E-state index is 3.50. The lowest BCUT2D eigenvalue weighted by Gasteiger charge is -2.11. The third-order valence-electron chi connectivity index (χ3n) is 4.05. The molecule has 0 radical (unpaired) electrons. The lowest BCUT2D eigenvalue weighted by Crippen LogP contribution is -2.17. The summed E-state index contributed by atoms with van der Waals surface area (Å²) < 4.78 is 0. The van der Waals surface area contributed by atoms with Gasteiger partial charge in [-0.1, -0.05) is 64.1 Å². The van der Waals surface area contributed by atoms with Crippen molar-refractivity contribution in [2.75, 3.05) is 13.1 Å². The first-order valence-corrected chi connectivity index (χ1v) is 7.39. The van der Waals surface area contributed by atoms with Gasteiger partial charge in [0.2, 0.25) is 0 Å². The second kappa shape index (κ2) is 4.41. The molecule has 0 atom stereocenters. The maximum Gasteiger partial charge on any atom is 0.0379 e. The van der Waals surface area contributed by atoms with Crippen LogP contribution in [0, 0.1) is 10.8 Å². The second-order valence-electron chi connectivity index (χ2n) is 7.38. The highest BCUT2D eigenvalue weighted by Crippen LogP contribution is 2.31. The van der Waals surface area contributed by atoms with Crippen molar-refractivity contribution in [1.29, 1.82) is 0 Å². The Morgan fingerprint density at radius 2 is 1.05 bits per heavy atom. The van der Waals surface area contributed by atoms with Crippen molar-refractivity contribution >= 4 is 11.4 Å². The van der Waals surface area contributed by atoms with Crippen LogP contribution in [0.25, 0.3) is 11.4 Å². The largest absolute Gasteiger partial charge is 0.384 e. The Bertz CT molecular complexity index is 521. The molecule has 0 saturated heterocycles. The first-order chi connectivity index (χ1) is 9.35. The molecule has 0 unspecified atom stereocenters. The van der Waals surface area contributed by atoms with Crippen LogP contribution in [-0.2, 0) is 0 Å². The first-order valence-electron chi connectivity index (χ1n) is 7.39. The smallest absolute Gasteiger partial charge is 0.0379 e. The lowest BCUT2D eigenvalue weighted by atomic mass is 9.94. The number of rotatable bonds is 2. The van der Waals surface area contributed by atoms with Crippen LogP contribution in [0.3, 0.4) is 0 Å². The van der Waals surface area contributed by atoms with Crippen LogP contribution >= 0.6 is 0 Å². The molecule has 0 fully saturated rings. The first kappa shape index (κ1) is 13.3. The molecule has 1 aromatic rings. The molecule has 2 aliphatic rings. The molecule has 0 aromatic heterocycles. The lowest BCUT2D eigenvalue weighted by molar-refractivity contribution is 0.497. The van der Waals surface area contributed by atoms with Crippen molar-refractivity contribution in [3.63, 3.8) is 0 Å². The monoisotopic (exact) mass is 268 g/mol. The van der Waals surface area contributed by atoms with Crippen molar-refractivity contribution < 1.29 is 0 Å². The fourth-order valence-corrected chi connectivity index (χ4v) is 2.83. The van der Waals surface area contributed by atoms with Crippen LogP contribution < -0.4 is 10.6 Å². The van der Waals surface area contributed by atoms with Crippen molar-refractivity contribution in [1.82, 2.24) is 10.6 Å². The van der Waals surface area contributed by atoms with Crippen LogP contribution in [0.5, 0.6) is 0 Å². The summed E-state index contributed by atoms with van der Waals surface area (Å²) in [6.07, 6.45) is 4.66. The van der Waals surface area contributed by atoms with E-state index in [4.69, 9.17) is 0 Å². The third-order valence-corrected chi connectivity index (χ3v) is 4.05. The molecule has 2 heteroatoms. The van der Waals surface area contributed by atoms with Crippen molar-refractivity contribution in [2.45, 2.75) is 27.7 Å². The normalized spacial score (nSPS) is 22.8. The van der Waals surface area contributed by atoms with Gasteiger partial charge < -0.3 is 10.6 Å². The second-order valence-corrected chi connectivity index (χ2v) is 7.38. The van der Waals surface area contributed by atoms with Gasteiger partial charge in [0.05, 0.1) is 0 Å². The summed E-state index contributed by atoms with van der Waals surface area (Å²) in [4.78, 5) is 0. The average Bonchev–Trinajstić information content (AvgIpc) is 2.92. The predicted molar refractivity (Wildman–Crippen MR) is 86.0 cm³/mol. The summed E-state index contributed by atoms with van der Waals surface area (Å²) in [6.45, 7) is 11.1. The Labute approximate surface area is 122 Å².